The molecule has 136 valence electrons. The second-order valence-corrected chi connectivity index (χ2v) is 6.52. The van der Waals surface area contributed by atoms with Crippen LogP contribution >= 0.6 is 0 Å². The molecule has 0 unspecified atom stereocenters. The topological polar surface area (TPSA) is 97.6 Å². The van der Waals surface area contributed by atoms with E-state index in [1.54, 1.807) is 11.0 Å². The number of nitrogens with zero attached hydrogens (tertiary/aromatic N) is 3. The number of aromatic nitrogens is 2. The summed E-state index contributed by atoms with van der Waals surface area (Å²) in [5, 5.41) is 6.65. The molecule has 8 nitrogen and oxygen atoms in total. The summed E-state index contributed by atoms with van der Waals surface area (Å²) in [6.07, 6.45) is 4.39. The van der Waals surface area contributed by atoms with Crippen molar-refractivity contribution in [2.75, 3.05) is 18.4 Å². The smallest absolute Gasteiger partial charge is 0.316 e. The molecule has 0 bridgehead atoms. The maximum absolute atomic E-state index is 12.3. The number of fused-ring (bicyclic) bond motifs is 1. The molecule has 0 saturated carbocycles. The molecule has 1 aromatic heterocycles. The van der Waals surface area contributed by atoms with Gasteiger partial charge in [-0.05, 0) is 37.3 Å². The molecule has 26 heavy (non-hydrogen) atoms. The molecule has 2 aliphatic rings. The maximum Gasteiger partial charge on any atom is 0.316 e. The number of likely N-dealkylation sites (tertiary alicyclic amines) is 1. The molecule has 3 heterocycles. The number of carbonyl (C=O) groups excluding carboxylic acids is 2. The zero-order chi connectivity index (χ0) is 17.9. The average molecular weight is 356 g/mol. The van der Waals surface area contributed by atoms with Crippen LogP contribution in [-0.4, -0.2) is 39.9 Å². The summed E-state index contributed by atoms with van der Waals surface area (Å²) in [7, 11) is 0. The van der Waals surface area contributed by atoms with E-state index in [9.17, 15) is 9.59 Å². The van der Waals surface area contributed by atoms with Gasteiger partial charge in [0.25, 0.3) is 0 Å². The monoisotopic (exact) mass is 356 g/mol. The third-order valence-electron chi connectivity index (χ3n) is 4.64. The van der Waals surface area contributed by atoms with E-state index in [1.165, 1.54) is 0 Å². The molecule has 0 radical (unpaired) electrons. The predicted molar refractivity (Wildman–Crippen MR) is 91.8 cm³/mol. The zero-order valence-corrected chi connectivity index (χ0v) is 14.4. The Balaban J connectivity index is 1.38. The van der Waals surface area contributed by atoms with Gasteiger partial charge in [0.15, 0.2) is 6.61 Å². The van der Waals surface area contributed by atoms with Gasteiger partial charge in [-0.3, -0.25) is 9.59 Å². The Kier molecular flexibility index (Phi) is 4.55. The highest BCUT2D eigenvalue weighted by molar-refractivity contribution is 5.94. The van der Waals surface area contributed by atoms with Crippen LogP contribution in [0.15, 0.2) is 22.7 Å². The number of hydrogen-bond donors (Lipinski definition) is 1. The van der Waals surface area contributed by atoms with Crippen molar-refractivity contribution in [1.29, 1.82) is 0 Å². The number of hydrogen-bond acceptors (Lipinski definition) is 6. The number of amides is 2. The molecule has 1 N–H and O–H groups in total. The van der Waals surface area contributed by atoms with Gasteiger partial charge >= 0.3 is 11.8 Å². The Morgan fingerprint density at radius 2 is 2.08 bits per heavy atom. The van der Waals surface area contributed by atoms with Crippen LogP contribution in [0, 0.1) is 0 Å². The molecular formula is C18H20N4O4. The van der Waals surface area contributed by atoms with Crippen molar-refractivity contribution in [3.8, 4) is 5.75 Å². The Morgan fingerprint density at radius 1 is 1.23 bits per heavy atom. The van der Waals surface area contributed by atoms with Gasteiger partial charge in [-0.2, -0.15) is 4.98 Å². The molecule has 0 aliphatic carbocycles. The van der Waals surface area contributed by atoms with Crippen LogP contribution in [0.5, 0.6) is 5.75 Å². The molecule has 1 fully saturated rings. The minimum atomic E-state index is -0.222. The second kappa shape index (κ2) is 7.15. The van der Waals surface area contributed by atoms with Crippen molar-refractivity contribution in [3.05, 3.63) is 35.5 Å². The van der Waals surface area contributed by atoms with Gasteiger partial charge in [0.05, 0.1) is 0 Å². The molecule has 1 saturated heterocycles. The second-order valence-electron chi connectivity index (χ2n) is 6.52. The molecule has 2 amide bonds. The number of nitrogens with one attached hydrogen (secondary N) is 1. The number of carbonyl (C=O) groups is 2. The summed E-state index contributed by atoms with van der Waals surface area (Å²) in [6.45, 7) is 1.55. The number of anilines is 1. The van der Waals surface area contributed by atoms with Gasteiger partial charge < -0.3 is 19.5 Å². The Morgan fingerprint density at radius 3 is 2.92 bits per heavy atom. The standard InChI is InChI=1S/C18H20N4O4/c23-16-7-5-12-4-6-13(10-14(12)19-16)25-11-15-20-17(26-21-15)18(24)22-8-2-1-3-9-22/h4,6,10H,1-3,5,7-9,11H2,(H,19,23). The fraction of sp³-hybridized carbons (Fsp3) is 0.444. The lowest BCUT2D eigenvalue weighted by atomic mass is 10.0. The van der Waals surface area contributed by atoms with Crippen LogP contribution in [0.3, 0.4) is 0 Å². The third kappa shape index (κ3) is 3.54. The molecule has 2 aromatic rings. The average Bonchev–Trinajstić information content (AvgIpc) is 3.15. The highest BCUT2D eigenvalue weighted by atomic mass is 16.5. The third-order valence-corrected chi connectivity index (χ3v) is 4.64. The first kappa shape index (κ1) is 16.6. The van der Waals surface area contributed by atoms with Gasteiger partial charge in [-0.25, -0.2) is 0 Å². The fourth-order valence-electron chi connectivity index (χ4n) is 3.22. The van der Waals surface area contributed by atoms with Crippen LogP contribution in [0.4, 0.5) is 5.69 Å². The van der Waals surface area contributed by atoms with Crippen LogP contribution in [-0.2, 0) is 17.8 Å². The first-order valence-electron chi connectivity index (χ1n) is 8.86. The molecule has 8 heteroatoms. The Hall–Kier alpha value is -2.90. The van der Waals surface area contributed by atoms with Crippen molar-refractivity contribution in [2.45, 2.75) is 38.7 Å². The molecule has 0 spiro atoms. The van der Waals surface area contributed by atoms with Gasteiger partial charge in [0.2, 0.25) is 11.7 Å². The number of benzene rings is 1. The van der Waals surface area contributed by atoms with Gasteiger partial charge in [-0.1, -0.05) is 11.2 Å². The van der Waals surface area contributed by atoms with Crippen molar-refractivity contribution in [2.24, 2.45) is 0 Å². The lowest BCUT2D eigenvalue weighted by molar-refractivity contribution is -0.116. The summed E-state index contributed by atoms with van der Waals surface area (Å²) >= 11 is 0. The van der Waals surface area contributed by atoms with E-state index < -0.39 is 0 Å². The zero-order valence-electron chi connectivity index (χ0n) is 14.4. The summed E-state index contributed by atoms with van der Waals surface area (Å²) < 4.78 is 10.8. The highest BCUT2D eigenvalue weighted by Gasteiger charge is 2.24. The van der Waals surface area contributed by atoms with E-state index >= 15 is 0 Å². The van der Waals surface area contributed by atoms with Crippen molar-refractivity contribution >= 4 is 17.5 Å². The predicted octanol–water partition coefficient (Wildman–Crippen LogP) is 2.16. The summed E-state index contributed by atoms with van der Waals surface area (Å²) in [6, 6.07) is 5.56. The van der Waals surface area contributed by atoms with E-state index in [1.807, 2.05) is 12.1 Å². The van der Waals surface area contributed by atoms with Crippen molar-refractivity contribution in [3.63, 3.8) is 0 Å². The Labute approximate surface area is 150 Å². The van der Waals surface area contributed by atoms with Gasteiger partial charge in [0, 0.05) is 31.3 Å². The quantitative estimate of drug-likeness (QED) is 0.901. The molecule has 1 aromatic carbocycles. The van der Waals surface area contributed by atoms with Gasteiger partial charge in [0.1, 0.15) is 5.75 Å². The SMILES string of the molecule is O=C1CCc2ccc(OCc3noc(C(=O)N4CCCCC4)n3)cc2N1. The summed E-state index contributed by atoms with van der Waals surface area (Å²) in [4.78, 5) is 29.7. The lowest BCUT2D eigenvalue weighted by Crippen LogP contribution is -2.35. The molecular weight excluding hydrogens is 336 g/mol. The van der Waals surface area contributed by atoms with Crippen LogP contribution in [0.25, 0.3) is 0 Å². The highest BCUT2D eigenvalue weighted by Crippen LogP contribution is 2.27. The van der Waals surface area contributed by atoms with Crippen LogP contribution in [0.2, 0.25) is 0 Å². The summed E-state index contributed by atoms with van der Waals surface area (Å²) in [5.74, 6) is 0.698. The van der Waals surface area contributed by atoms with Gasteiger partial charge in [-0.15, -0.1) is 0 Å². The van der Waals surface area contributed by atoms with E-state index in [-0.39, 0.29) is 24.3 Å². The van der Waals surface area contributed by atoms with E-state index in [0.29, 0.717) is 18.0 Å². The lowest BCUT2D eigenvalue weighted by Gasteiger charge is -2.24. The van der Waals surface area contributed by atoms with Crippen molar-refractivity contribution in [1.82, 2.24) is 15.0 Å². The Bertz CT molecular complexity index is 826. The molecule has 0 atom stereocenters. The number of aryl methyl sites for hydroxylation is 1. The largest absolute Gasteiger partial charge is 0.485 e. The van der Waals surface area contributed by atoms with E-state index in [0.717, 1.165) is 50.0 Å². The molecule has 4 rings (SSSR count). The number of ether oxygens (including phenoxy) is 1. The maximum atomic E-state index is 12.3. The fourth-order valence-corrected chi connectivity index (χ4v) is 3.22. The van der Waals surface area contributed by atoms with Crippen LogP contribution < -0.4 is 10.1 Å². The normalized spacial score (nSPS) is 16.8. The minimum absolute atomic E-state index is 0.00297. The first-order chi connectivity index (χ1) is 12.7. The van der Waals surface area contributed by atoms with E-state index in [2.05, 4.69) is 15.5 Å². The van der Waals surface area contributed by atoms with E-state index in [4.69, 9.17) is 9.26 Å². The number of piperidine rings is 1. The van der Waals surface area contributed by atoms with Crippen LogP contribution in [0.1, 0.15) is 47.8 Å². The molecule has 2 aliphatic heterocycles. The first-order valence-corrected chi connectivity index (χ1v) is 8.86. The summed E-state index contributed by atoms with van der Waals surface area (Å²) in [5.41, 5.74) is 1.86. The minimum Gasteiger partial charge on any atom is -0.485 e. The van der Waals surface area contributed by atoms with Crippen molar-refractivity contribution < 1.29 is 18.8 Å². The number of rotatable bonds is 4.